The molecule has 1 aliphatic heterocycles. The lowest BCUT2D eigenvalue weighted by Crippen LogP contribution is -2.40. The quantitative estimate of drug-likeness (QED) is 0.900. The summed E-state index contributed by atoms with van der Waals surface area (Å²) in [6, 6.07) is 0. The van der Waals surface area contributed by atoms with Gasteiger partial charge in [-0.05, 0) is 32.6 Å². The number of piperidine rings is 1. The van der Waals surface area contributed by atoms with Crippen molar-refractivity contribution in [3.63, 3.8) is 0 Å². The van der Waals surface area contributed by atoms with Gasteiger partial charge in [0.1, 0.15) is 17.5 Å². The molecule has 1 unspecified atom stereocenters. The first-order chi connectivity index (χ1) is 9.19. The molecule has 1 saturated carbocycles. The van der Waals surface area contributed by atoms with E-state index in [9.17, 15) is 0 Å². The molecule has 19 heavy (non-hydrogen) atoms. The normalized spacial score (nSPS) is 23.7. The second-order valence-corrected chi connectivity index (χ2v) is 5.64. The summed E-state index contributed by atoms with van der Waals surface area (Å²) in [5, 5.41) is 0. The van der Waals surface area contributed by atoms with Crippen LogP contribution in [0.15, 0.2) is 0 Å². The molecule has 104 valence electrons. The summed E-state index contributed by atoms with van der Waals surface area (Å²) in [6.07, 6.45) is 4.96. The van der Waals surface area contributed by atoms with E-state index < -0.39 is 0 Å². The van der Waals surface area contributed by atoms with E-state index in [0.717, 1.165) is 43.1 Å². The molecule has 0 bridgehead atoms. The average Bonchev–Trinajstić information content (AvgIpc) is 3.26. The highest BCUT2D eigenvalue weighted by Crippen LogP contribution is 2.39. The van der Waals surface area contributed by atoms with Crippen molar-refractivity contribution in [2.75, 3.05) is 30.8 Å². The second kappa shape index (κ2) is 4.96. The van der Waals surface area contributed by atoms with E-state index in [0.29, 0.717) is 17.8 Å². The summed E-state index contributed by atoms with van der Waals surface area (Å²) in [5.74, 6) is 3.10. The minimum absolute atomic E-state index is 0.300. The summed E-state index contributed by atoms with van der Waals surface area (Å²) < 4.78 is 5.49. The number of nitrogens with two attached hydrogens (primary N) is 1. The number of ether oxygens (including phenoxy) is 1. The molecule has 2 aliphatic rings. The predicted octanol–water partition coefficient (Wildman–Crippen LogP) is 1.86. The molecule has 2 N–H and O–H groups in total. The first kappa shape index (κ1) is 12.7. The Bertz CT molecular complexity index is 473. The second-order valence-electron chi connectivity index (χ2n) is 5.64. The van der Waals surface area contributed by atoms with Crippen molar-refractivity contribution in [1.29, 1.82) is 0 Å². The largest absolute Gasteiger partial charge is 0.383 e. The molecule has 1 aromatic rings. The molecule has 2 heterocycles. The number of anilines is 2. The minimum Gasteiger partial charge on any atom is -0.383 e. The van der Waals surface area contributed by atoms with Gasteiger partial charge in [-0.15, -0.1) is 0 Å². The van der Waals surface area contributed by atoms with Crippen LogP contribution in [0.2, 0.25) is 0 Å². The van der Waals surface area contributed by atoms with Crippen molar-refractivity contribution in [3.05, 3.63) is 11.4 Å². The van der Waals surface area contributed by atoms with Gasteiger partial charge in [-0.2, -0.15) is 0 Å². The Hall–Kier alpha value is -1.36. The lowest BCUT2D eigenvalue weighted by atomic mass is 10.1. The van der Waals surface area contributed by atoms with E-state index in [2.05, 4.69) is 9.88 Å². The Kier molecular flexibility index (Phi) is 3.31. The third-order valence-corrected chi connectivity index (χ3v) is 4.13. The van der Waals surface area contributed by atoms with Crippen LogP contribution in [0.5, 0.6) is 0 Å². The topological polar surface area (TPSA) is 64.3 Å². The predicted molar refractivity (Wildman–Crippen MR) is 75.4 cm³/mol. The van der Waals surface area contributed by atoms with Crippen LogP contribution in [0.4, 0.5) is 11.6 Å². The molecule has 3 rings (SSSR count). The zero-order valence-electron chi connectivity index (χ0n) is 11.7. The van der Waals surface area contributed by atoms with Gasteiger partial charge in [0.25, 0.3) is 0 Å². The van der Waals surface area contributed by atoms with Gasteiger partial charge < -0.3 is 15.4 Å². The van der Waals surface area contributed by atoms with Crippen LogP contribution in [-0.4, -0.2) is 36.3 Å². The van der Waals surface area contributed by atoms with E-state index >= 15 is 0 Å². The summed E-state index contributed by atoms with van der Waals surface area (Å²) in [7, 11) is 1.78. The third kappa shape index (κ3) is 2.52. The summed E-state index contributed by atoms with van der Waals surface area (Å²) >= 11 is 0. The molecule has 2 fully saturated rings. The van der Waals surface area contributed by atoms with Crippen LogP contribution in [0.25, 0.3) is 0 Å². The van der Waals surface area contributed by atoms with Crippen molar-refractivity contribution >= 4 is 11.6 Å². The molecule has 1 aliphatic carbocycles. The molecule has 1 aromatic heterocycles. The third-order valence-electron chi connectivity index (χ3n) is 4.13. The van der Waals surface area contributed by atoms with Gasteiger partial charge in [0.05, 0.1) is 6.10 Å². The lowest BCUT2D eigenvalue weighted by molar-refractivity contribution is 0.0891. The van der Waals surface area contributed by atoms with E-state index in [1.807, 2.05) is 6.92 Å². The smallest absolute Gasteiger partial charge is 0.137 e. The Balaban J connectivity index is 1.89. The van der Waals surface area contributed by atoms with E-state index in [1.165, 1.54) is 12.8 Å². The van der Waals surface area contributed by atoms with Gasteiger partial charge in [-0.25, -0.2) is 9.97 Å². The van der Waals surface area contributed by atoms with E-state index in [1.54, 1.807) is 7.11 Å². The fourth-order valence-corrected chi connectivity index (χ4v) is 2.69. The molecular weight excluding hydrogens is 240 g/mol. The molecule has 1 saturated heterocycles. The zero-order valence-corrected chi connectivity index (χ0v) is 11.7. The molecule has 0 amide bonds. The van der Waals surface area contributed by atoms with Gasteiger partial charge in [-0.1, -0.05) is 0 Å². The molecule has 0 aromatic carbocycles. The SMILES string of the molecule is COC1CCCN(c2nc(C3CC3)nc(N)c2C)C1. The van der Waals surface area contributed by atoms with Crippen LogP contribution in [0.1, 0.15) is 43.0 Å². The zero-order chi connectivity index (χ0) is 13.4. The highest BCUT2D eigenvalue weighted by molar-refractivity contribution is 5.57. The van der Waals surface area contributed by atoms with Gasteiger partial charge >= 0.3 is 0 Å². The maximum absolute atomic E-state index is 6.05. The van der Waals surface area contributed by atoms with Gasteiger partial charge in [0.15, 0.2) is 0 Å². The minimum atomic E-state index is 0.300. The Morgan fingerprint density at radius 2 is 2.05 bits per heavy atom. The molecule has 0 spiro atoms. The Labute approximate surface area is 114 Å². The number of rotatable bonds is 3. The number of methoxy groups -OCH3 is 1. The van der Waals surface area contributed by atoms with Crippen LogP contribution < -0.4 is 10.6 Å². The number of hydrogen-bond acceptors (Lipinski definition) is 5. The molecular formula is C14H22N4O. The van der Waals surface area contributed by atoms with Crippen molar-refractivity contribution in [2.24, 2.45) is 0 Å². The standard InChI is InChI=1S/C14H22N4O/c1-9-12(15)16-13(10-5-6-10)17-14(9)18-7-3-4-11(8-18)19-2/h10-11H,3-8H2,1-2H3,(H2,15,16,17). The van der Waals surface area contributed by atoms with E-state index in [-0.39, 0.29) is 0 Å². The Morgan fingerprint density at radius 3 is 2.74 bits per heavy atom. The number of nitrogens with zero attached hydrogens (tertiary/aromatic N) is 3. The average molecular weight is 262 g/mol. The van der Waals surface area contributed by atoms with Crippen molar-refractivity contribution in [2.45, 2.75) is 44.6 Å². The Morgan fingerprint density at radius 1 is 1.26 bits per heavy atom. The van der Waals surface area contributed by atoms with Gasteiger partial charge in [-0.3, -0.25) is 0 Å². The fourth-order valence-electron chi connectivity index (χ4n) is 2.69. The first-order valence-electron chi connectivity index (χ1n) is 7.10. The van der Waals surface area contributed by atoms with Gasteiger partial charge in [0, 0.05) is 31.7 Å². The number of aromatic nitrogens is 2. The maximum atomic E-state index is 6.05. The highest BCUT2D eigenvalue weighted by Gasteiger charge is 2.29. The van der Waals surface area contributed by atoms with Crippen molar-refractivity contribution in [3.8, 4) is 0 Å². The molecule has 5 nitrogen and oxygen atoms in total. The molecule has 5 heteroatoms. The van der Waals surface area contributed by atoms with Gasteiger partial charge in [0.2, 0.25) is 0 Å². The van der Waals surface area contributed by atoms with E-state index in [4.69, 9.17) is 15.5 Å². The van der Waals surface area contributed by atoms with Crippen molar-refractivity contribution in [1.82, 2.24) is 9.97 Å². The van der Waals surface area contributed by atoms with Crippen LogP contribution >= 0.6 is 0 Å². The highest BCUT2D eigenvalue weighted by atomic mass is 16.5. The first-order valence-corrected chi connectivity index (χ1v) is 7.10. The monoisotopic (exact) mass is 262 g/mol. The van der Waals surface area contributed by atoms with Crippen molar-refractivity contribution < 1.29 is 4.74 Å². The number of hydrogen-bond donors (Lipinski definition) is 1. The maximum Gasteiger partial charge on any atom is 0.137 e. The summed E-state index contributed by atoms with van der Waals surface area (Å²) in [6.45, 7) is 3.94. The summed E-state index contributed by atoms with van der Waals surface area (Å²) in [5.41, 5.74) is 7.05. The molecule has 0 radical (unpaired) electrons. The van der Waals surface area contributed by atoms with Crippen LogP contribution in [0, 0.1) is 6.92 Å². The summed E-state index contributed by atoms with van der Waals surface area (Å²) in [4.78, 5) is 11.5. The lowest BCUT2D eigenvalue weighted by Gasteiger charge is -2.33. The van der Waals surface area contributed by atoms with Crippen LogP contribution in [0.3, 0.4) is 0 Å². The fraction of sp³-hybridized carbons (Fsp3) is 0.714. The number of nitrogen functional groups attached to an aromatic ring is 1. The van der Waals surface area contributed by atoms with Crippen LogP contribution in [-0.2, 0) is 4.74 Å². The molecule has 1 atom stereocenters.